The molecule has 0 atom stereocenters. The van der Waals surface area contributed by atoms with Crippen molar-refractivity contribution in [2.24, 2.45) is 0 Å². The maximum Gasteiger partial charge on any atom is 0.239 e. The number of para-hydroxylation sites is 2. The number of benzene rings is 2. The van der Waals surface area contributed by atoms with Gasteiger partial charge in [0.05, 0.1) is 18.8 Å². The lowest BCUT2D eigenvalue weighted by Gasteiger charge is -2.30. The minimum Gasteiger partial charge on any atom is -0.490 e. The molecule has 0 fully saturated rings. The van der Waals surface area contributed by atoms with Crippen molar-refractivity contribution in [1.82, 2.24) is 5.32 Å². The summed E-state index contributed by atoms with van der Waals surface area (Å²) in [6.07, 6.45) is 0.853. The number of ether oxygens (including phenoxy) is 1. The SMILES string of the molecule is O=C(CN1CCOc2ccccc21)NCCc1ccccc1. The van der Waals surface area contributed by atoms with Crippen molar-refractivity contribution in [2.75, 3.05) is 31.1 Å². The molecule has 0 unspecified atom stereocenters. The Morgan fingerprint density at radius 3 is 2.73 bits per heavy atom. The minimum absolute atomic E-state index is 0.0487. The molecule has 2 aromatic carbocycles. The molecular weight excluding hydrogens is 276 g/mol. The highest BCUT2D eigenvalue weighted by atomic mass is 16.5. The Hall–Kier alpha value is -2.49. The lowest BCUT2D eigenvalue weighted by atomic mass is 10.1. The molecule has 1 aliphatic heterocycles. The molecule has 3 rings (SSSR count). The highest BCUT2D eigenvalue weighted by Gasteiger charge is 2.19. The third-order valence-corrected chi connectivity index (χ3v) is 3.74. The quantitative estimate of drug-likeness (QED) is 0.920. The van der Waals surface area contributed by atoms with Crippen molar-refractivity contribution in [2.45, 2.75) is 6.42 Å². The summed E-state index contributed by atoms with van der Waals surface area (Å²) in [5.41, 5.74) is 2.23. The summed E-state index contributed by atoms with van der Waals surface area (Å²) in [6.45, 7) is 2.39. The van der Waals surface area contributed by atoms with E-state index in [2.05, 4.69) is 22.3 Å². The fraction of sp³-hybridized carbons (Fsp3) is 0.278. The van der Waals surface area contributed by atoms with Gasteiger partial charge in [-0.1, -0.05) is 42.5 Å². The fourth-order valence-electron chi connectivity index (χ4n) is 2.61. The van der Waals surface area contributed by atoms with Crippen LogP contribution >= 0.6 is 0 Å². The number of nitrogens with zero attached hydrogens (tertiary/aromatic N) is 1. The number of nitrogens with one attached hydrogen (secondary N) is 1. The van der Waals surface area contributed by atoms with E-state index < -0.39 is 0 Å². The lowest BCUT2D eigenvalue weighted by molar-refractivity contribution is -0.119. The van der Waals surface area contributed by atoms with Crippen molar-refractivity contribution in [3.8, 4) is 5.75 Å². The van der Waals surface area contributed by atoms with E-state index >= 15 is 0 Å². The first-order valence-electron chi connectivity index (χ1n) is 7.60. The predicted molar refractivity (Wildman–Crippen MR) is 87.3 cm³/mol. The number of hydrogen-bond acceptors (Lipinski definition) is 3. The van der Waals surface area contributed by atoms with Crippen LogP contribution in [-0.2, 0) is 11.2 Å². The predicted octanol–water partition coefficient (Wildman–Crippen LogP) is 2.24. The standard InChI is InChI=1S/C18H20N2O2/c21-18(19-11-10-15-6-2-1-3-7-15)14-20-12-13-22-17-9-5-4-8-16(17)20/h1-9H,10-14H2,(H,19,21). The van der Waals surface area contributed by atoms with Crippen molar-refractivity contribution < 1.29 is 9.53 Å². The molecule has 1 N–H and O–H groups in total. The topological polar surface area (TPSA) is 41.6 Å². The number of hydrogen-bond donors (Lipinski definition) is 1. The van der Waals surface area contributed by atoms with Gasteiger partial charge in [-0.15, -0.1) is 0 Å². The molecule has 4 heteroatoms. The zero-order chi connectivity index (χ0) is 15.2. The molecule has 1 aliphatic rings. The Balaban J connectivity index is 1.50. The molecule has 114 valence electrons. The third-order valence-electron chi connectivity index (χ3n) is 3.74. The Morgan fingerprint density at radius 1 is 1.09 bits per heavy atom. The molecule has 22 heavy (non-hydrogen) atoms. The van der Waals surface area contributed by atoms with Crippen molar-refractivity contribution in [1.29, 1.82) is 0 Å². The van der Waals surface area contributed by atoms with Gasteiger partial charge in [0, 0.05) is 6.54 Å². The van der Waals surface area contributed by atoms with Gasteiger partial charge in [-0.3, -0.25) is 4.79 Å². The molecule has 0 saturated heterocycles. The number of amides is 1. The van der Waals surface area contributed by atoms with E-state index in [0.717, 1.165) is 24.4 Å². The average Bonchev–Trinajstić information content (AvgIpc) is 2.56. The average molecular weight is 296 g/mol. The maximum absolute atomic E-state index is 12.1. The van der Waals surface area contributed by atoms with Gasteiger partial charge >= 0.3 is 0 Å². The number of fused-ring (bicyclic) bond motifs is 1. The maximum atomic E-state index is 12.1. The van der Waals surface area contributed by atoms with Gasteiger partial charge in [-0.05, 0) is 24.1 Å². The summed E-state index contributed by atoms with van der Waals surface area (Å²) >= 11 is 0. The van der Waals surface area contributed by atoms with E-state index in [1.807, 2.05) is 42.5 Å². The van der Waals surface area contributed by atoms with Crippen LogP contribution in [0.2, 0.25) is 0 Å². The normalized spacial score (nSPS) is 13.2. The smallest absolute Gasteiger partial charge is 0.239 e. The molecule has 1 heterocycles. The van der Waals surface area contributed by atoms with E-state index in [9.17, 15) is 4.79 Å². The zero-order valence-electron chi connectivity index (χ0n) is 12.5. The summed E-state index contributed by atoms with van der Waals surface area (Å²) in [5.74, 6) is 0.901. The van der Waals surface area contributed by atoms with E-state index in [-0.39, 0.29) is 5.91 Å². The molecule has 0 radical (unpaired) electrons. The van der Waals surface area contributed by atoms with Crippen LogP contribution in [-0.4, -0.2) is 32.1 Å². The number of carbonyl (C=O) groups excluding carboxylic acids is 1. The van der Waals surface area contributed by atoms with Gasteiger partial charge in [0.2, 0.25) is 5.91 Å². The lowest BCUT2D eigenvalue weighted by Crippen LogP contribution is -2.41. The van der Waals surface area contributed by atoms with E-state index in [1.165, 1.54) is 5.56 Å². The monoisotopic (exact) mass is 296 g/mol. The van der Waals surface area contributed by atoms with E-state index in [0.29, 0.717) is 19.7 Å². The van der Waals surface area contributed by atoms with Crippen LogP contribution in [0.4, 0.5) is 5.69 Å². The van der Waals surface area contributed by atoms with Gasteiger partial charge < -0.3 is 15.0 Å². The van der Waals surface area contributed by atoms with Gasteiger partial charge in [-0.2, -0.15) is 0 Å². The molecule has 0 bridgehead atoms. The Bertz CT molecular complexity index is 628. The largest absolute Gasteiger partial charge is 0.490 e. The van der Waals surface area contributed by atoms with Gasteiger partial charge in [-0.25, -0.2) is 0 Å². The molecular formula is C18H20N2O2. The van der Waals surface area contributed by atoms with Gasteiger partial charge in [0.15, 0.2) is 0 Å². The summed E-state index contributed by atoms with van der Waals surface area (Å²) in [7, 11) is 0. The molecule has 4 nitrogen and oxygen atoms in total. The van der Waals surface area contributed by atoms with E-state index in [4.69, 9.17) is 4.74 Å². The van der Waals surface area contributed by atoms with Crippen LogP contribution in [0.5, 0.6) is 5.75 Å². The first-order valence-corrected chi connectivity index (χ1v) is 7.60. The second-order valence-corrected chi connectivity index (χ2v) is 5.32. The minimum atomic E-state index is 0.0487. The van der Waals surface area contributed by atoms with Crippen LogP contribution in [0.1, 0.15) is 5.56 Å². The van der Waals surface area contributed by atoms with Crippen LogP contribution in [0, 0.1) is 0 Å². The molecule has 0 spiro atoms. The van der Waals surface area contributed by atoms with Crippen LogP contribution in [0.15, 0.2) is 54.6 Å². The number of rotatable bonds is 5. The Labute approximate surface area is 130 Å². The number of anilines is 1. The Morgan fingerprint density at radius 2 is 1.86 bits per heavy atom. The first-order chi connectivity index (χ1) is 10.8. The molecule has 2 aromatic rings. The van der Waals surface area contributed by atoms with Crippen molar-refractivity contribution in [3.05, 3.63) is 60.2 Å². The highest BCUT2D eigenvalue weighted by Crippen LogP contribution is 2.30. The zero-order valence-corrected chi connectivity index (χ0v) is 12.5. The summed E-state index contributed by atoms with van der Waals surface area (Å²) in [6, 6.07) is 18.0. The highest BCUT2D eigenvalue weighted by molar-refractivity contribution is 5.82. The third kappa shape index (κ3) is 3.58. The fourth-order valence-corrected chi connectivity index (χ4v) is 2.61. The van der Waals surface area contributed by atoms with Crippen LogP contribution in [0.3, 0.4) is 0 Å². The van der Waals surface area contributed by atoms with Crippen molar-refractivity contribution in [3.63, 3.8) is 0 Å². The number of carbonyl (C=O) groups is 1. The molecule has 1 amide bonds. The summed E-state index contributed by atoms with van der Waals surface area (Å²) in [5, 5.41) is 2.99. The molecule has 0 aliphatic carbocycles. The van der Waals surface area contributed by atoms with Crippen LogP contribution in [0.25, 0.3) is 0 Å². The van der Waals surface area contributed by atoms with Gasteiger partial charge in [0.1, 0.15) is 12.4 Å². The van der Waals surface area contributed by atoms with Crippen LogP contribution < -0.4 is 15.0 Å². The first kappa shape index (κ1) is 14.4. The van der Waals surface area contributed by atoms with E-state index in [1.54, 1.807) is 0 Å². The molecule has 0 aromatic heterocycles. The Kier molecular flexibility index (Phi) is 4.59. The van der Waals surface area contributed by atoms with Crippen molar-refractivity contribution >= 4 is 11.6 Å². The second kappa shape index (κ2) is 6.98. The second-order valence-electron chi connectivity index (χ2n) is 5.32. The van der Waals surface area contributed by atoms with Gasteiger partial charge in [0.25, 0.3) is 0 Å². The molecule has 0 saturated carbocycles. The summed E-state index contributed by atoms with van der Waals surface area (Å²) in [4.78, 5) is 14.2. The summed E-state index contributed by atoms with van der Waals surface area (Å²) < 4.78 is 5.60.